The lowest BCUT2D eigenvalue weighted by Gasteiger charge is -2.07. The molecule has 14 heavy (non-hydrogen) atoms. The van der Waals surface area contributed by atoms with Crippen LogP contribution in [0.2, 0.25) is 0 Å². The second-order valence-electron chi connectivity index (χ2n) is 3.10. The molecular weight excluding hydrogens is 178 g/mol. The highest BCUT2D eigenvalue weighted by atomic mass is 16.2. The average molecular weight is 191 g/mol. The summed E-state index contributed by atoms with van der Waals surface area (Å²) in [5.41, 5.74) is 1.11. The number of carbonyl (C=O) groups excluding carboxylic acids is 2. The van der Waals surface area contributed by atoms with Crippen LogP contribution in [0.4, 0.5) is 0 Å². The Labute approximate surface area is 83.3 Å². The van der Waals surface area contributed by atoms with Crippen LogP contribution in [0, 0.1) is 0 Å². The summed E-state index contributed by atoms with van der Waals surface area (Å²) in [4.78, 5) is 22.6. The normalized spacial score (nSPS) is 9.50. The van der Waals surface area contributed by atoms with Gasteiger partial charge in [0.1, 0.15) is 0 Å². The fourth-order valence-corrected chi connectivity index (χ4v) is 1.13. The molecule has 0 heterocycles. The average Bonchev–Trinajstić information content (AvgIpc) is 2.26. The molecule has 0 aliphatic heterocycles. The van der Waals surface area contributed by atoms with Crippen LogP contribution in [0.15, 0.2) is 30.3 Å². The number of benzene rings is 1. The Kier molecular flexibility index (Phi) is 3.85. The number of hydrogen-bond donors (Lipinski definition) is 0. The Balaban J connectivity index is 2.42. The highest BCUT2D eigenvalue weighted by Crippen LogP contribution is 2.03. The first-order chi connectivity index (χ1) is 6.74. The lowest BCUT2D eigenvalue weighted by atomic mass is 10.1. The summed E-state index contributed by atoms with van der Waals surface area (Å²) < 4.78 is 0. The zero-order valence-corrected chi connectivity index (χ0v) is 8.14. The van der Waals surface area contributed by atoms with Crippen LogP contribution in [-0.4, -0.2) is 24.3 Å². The van der Waals surface area contributed by atoms with Gasteiger partial charge in [0.15, 0.2) is 0 Å². The van der Waals surface area contributed by atoms with Crippen LogP contribution in [0.3, 0.4) is 0 Å². The maximum atomic E-state index is 11.2. The van der Waals surface area contributed by atoms with Gasteiger partial charge in [0.2, 0.25) is 12.3 Å². The molecule has 1 aromatic carbocycles. The fraction of sp³-hybridized carbons (Fsp3) is 0.273. The van der Waals surface area contributed by atoms with Gasteiger partial charge in [-0.05, 0) is 12.0 Å². The highest BCUT2D eigenvalue weighted by Gasteiger charge is 2.06. The minimum atomic E-state index is -0.149. The largest absolute Gasteiger partial charge is 0.288 e. The quantitative estimate of drug-likeness (QED) is 0.671. The first-order valence-corrected chi connectivity index (χ1v) is 4.49. The molecule has 0 aliphatic carbocycles. The third-order valence-electron chi connectivity index (χ3n) is 2.02. The molecule has 0 saturated carbocycles. The first-order valence-electron chi connectivity index (χ1n) is 4.49. The van der Waals surface area contributed by atoms with E-state index in [4.69, 9.17) is 0 Å². The fourth-order valence-electron chi connectivity index (χ4n) is 1.13. The van der Waals surface area contributed by atoms with Crippen LogP contribution in [0.5, 0.6) is 0 Å². The SMILES string of the molecule is CN(C=O)C(=O)CCc1ccccc1. The number of aryl methyl sites for hydroxylation is 1. The van der Waals surface area contributed by atoms with Crippen LogP contribution < -0.4 is 0 Å². The molecule has 0 bridgehead atoms. The molecule has 3 heteroatoms. The van der Waals surface area contributed by atoms with Gasteiger partial charge in [-0.2, -0.15) is 0 Å². The molecule has 1 rings (SSSR count). The summed E-state index contributed by atoms with van der Waals surface area (Å²) in [5.74, 6) is -0.149. The molecule has 0 spiro atoms. The smallest absolute Gasteiger partial charge is 0.229 e. The van der Waals surface area contributed by atoms with E-state index in [2.05, 4.69) is 0 Å². The van der Waals surface area contributed by atoms with Crippen molar-refractivity contribution < 1.29 is 9.59 Å². The third kappa shape index (κ3) is 3.01. The Hall–Kier alpha value is -1.64. The van der Waals surface area contributed by atoms with Gasteiger partial charge in [0.25, 0.3) is 0 Å². The van der Waals surface area contributed by atoms with Crippen LogP contribution in [0.25, 0.3) is 0 Å². The topological polar surface area (TPSA) is 37.4 Å². The molecule has 0 N–H and O–H groups in total. The standard InChI is InChI=1S/C11H13NO2/c1-12(9-13)11(14)8-7-10-5-3-2-4-6-10/h2-6,9H,7-8H2,1H3. The van der Waals surface area contributed by atoms with Gasteiger partial charge >= 0.3 is 0 Å². The van der Waals surface area contributed by atoms with E-state index in [1.54, 1.807) is 0 Å². The molecule has 0 aromatic heterocycles. The zero-order valence-electron chi connectivity index (χ0n) is 8.14. The monoisotopic (exact) mass is 191 g/mol. The Morgan fingerprint density at radius 3 is 2.57 bits per heavy atom. The van der Waals surface area contributed by atoms with Gasteiger partial charge in [-0.3, -0.25) is 14.5 Å². The van der Waals surface area contributed by atoms with Crippen molar-refractivity contribution in [3.8, 4) is 0 Å². The summed E-state index contributed by atoms with van der Waals surface area (Å²) in [7, 11) is 1.47. The molecule has 0 atom stereocenters. The minimum Gasteiger partial charge on any atom is -0.288 e. The molecule has 74 valence electrons. The van der Waals surface area contributed by atoms with Crippen molar-refractivity contribution in [1.82, 2.24) is 4.90 Å². The van der Waals surface area contributed by atoms with E-state index in [0.717, 1.165) is 10.5 Å². The molecule has 3 nitrogen and oxygen atoms in total. The summed E-state index contributed by atoms with van der Waals surface area (Å²) >= 11 is 0. The summed E-state index contributed by atoms with van der Waals surface area (Å²) in [6.07, 6.45) is 1.59. The number of hydrogen-bond acceptors (Lipinski definition) is 2. The number of carbonyl (C=O) groups is 2. The van der Waals surface area contributed by atoms with Crippen molar-refractivity contribution in [1.29, 1.82) is 0 Å². The summed E-state index contributed by atoms with van der Waals surface area (Å²) in [6.45, 7) is 0. The maximum Gasteiger partial charge on any atom is 0.229 e. The molecule has 0 saturated heterocycles. The lowest BCUT2D eigenvalue weighted by Crippen LogP contribution is -2.24. The highest BCUT2D eigenvalue weighted by molar-refractivity contribution is 5.85. The number of rotatable bonds is 4. The summed E-state index contributed by atoms with van der Waals surface area (Å²) in [5, 5.41) is 0. The van der Waals surface area contributed by atoms with Crippen molar-refractivity contribution in [2.75, 3.05) is 7.05 Å². The van der Waals surface area contributed by atoms with Gasteiger partial charge in [0, 0.05) is 13.5 Å². The number of nitrogens with zero attached hydrogens (tertiary/aromatic N) is 1. The second kappa shape index (κ2) is 5.17. The maximum absolute atomic E-state index is 11.2. The molecule has 0 radical (unpaired) electrons. The molecule has 1 aromatic rings. The first kappa shape index (κ1) is 10.4. The van der Waals surface area contributed by atoms with Gasteiger partial charge in [-0.1, -0.05) is 30.3 Å². The van der Waals surface area contributed by atoms with E-state index in [9.17, 15) is 9.59 Å². The van der Waals surface area contributed by atoms with Crippen molar-refractivity contribution >= 4 is 12.3 Å². The predicted molar refractivity (Wildman–Crippen MR) is 53.6 cm³/mol. The number of amides is 2. The van der Waals surface area contributed by atoms with Crippen LogP contribution in [0.1, 0.15) is 12.0 Å². The molecule has 0 aliphatic rings. The second-order valence-corrected chi connectivity index (χ2v) is 3.10. The van der Waals surface area contributed by atoms with E-state index in [1.807, 2.05) is 30.3 Å². The van der Waals surface area contributed by atoms with Gasteiger partial charge in [-0.25, -0.2) is 0 Å². The Bertz CT molecular complexity index is 308. The molecular formula is C11H13NO2. The van der Waals surface area contributed by atoms with Gasteiger partial charge in [-0.15, -0.1) is 0 Å². The van der Waals surface area contributed by atoms with E-state index in [0.29, 0.717) is 19.3 Å². The number of imide groups is 1. The summed E-state index contributed by atoms with van der Waals surface area (Å²) in [6, 6.07) is 9.73. The van der Waals surface area contributed by atoms with Crippen molar-refractivity contribution in [3.05, 3.63) is 35.9 Å². The molecule has 2 amide bonds. The lowest BCUT2D eigenvalue weighted by molar-refractivity contribution is -0.136. The van der Waals surface area contributed by atoms with Crippen molar-refractivity contribution in [2.24, 2.45) is 0 Å². The van der Waals surface area contributed by atoms with Gasteiger partial charge < -0.3 is 0 Å². The molecule has 0 unspecified atom stereocenters. The Morgan fingerprint density at radius 2 is 2.00 bits per heavy atom. The van der Waals surface area contributed by atoms with Crippen molar-refractivity contribution in [3.63, 3.8) is 0 Å². The Morgan fingerprint density at radius 1 is 1.36 bits per heavy atom. The van der Waals surface area contributed by atoms with E-state index < -0.39 is 0 Å². The van der Waals surface area contributed by atoms with E-state index in [-0.39, 0.29) is 5.91 Å². The van der Waals surface area contributed by atoms with Gasteiger partial charge in [0.05, 0.1) is 0 Å². The molecule has 0 fully saturated rings. The van der Waals surface area contributed by atoms with E-state index >= 15 is 0 Å². The predicted octanol–water partition coefficient (Wildman–Crippen LogP) is 1.23. The minimum absolute atomic E-state index is 0.149. The third-order valence-corrected chi connectivity index (χ3v) is 2.02. The zero-order chi connectivity index (χ0) is 10.4. The van der Waals surface area contributed by atoms with E-state index in [1.165, 1.54) is 7.05 Å². The van der Waals surface area contributed by atoms with Crippen LogP contribution >= 0.6 is 0 Å². The van der Waals surface area contributed by atoms with Crippen molar-refractivity contribution in [2.45, 2.75) is 12.8 Å². The van der Waals surface area contributed by atoms with Crippen LogP contribution in [-0.2, 0) is 16.0 Å².